The minimum Gasteiger partial charge on any atom is -0.508 e. The van der Waals surface area contributed by atoms with Crippen LogP contribution in [0.3, 0.4) is 0 Å². The van der Waals surface area contributed by atoms with Crippen LogP contribution in [0.2, 0.25) is 0 Å². The Labute approximate surface area is 93.1 Å². The Hall–Kier alpha value is -1.62. The van der Waals surface area contributed by atoms with E-state index in [0.717, 1.165) is 0 Å². The highest BCUT2D eigenvalue weighted by atomic mass is 32.1. The molecule has 0 spiro atoms. The lowest BCUT2D eigenvalue weighted by atomic mass is 10.2. The van der Waals surface area contributed by atoms with E-state index in [4.69, 9.17) is 18.0 Å². The molecule has 5 heteroatoms. The number of carbonyl (C=O) groups is 1. The summed E-state index contributed by atoms with van der Waals surface area (Å²) >= 11 is 4.73. The van der Waals surface area contributed by atoms with Crippen molar-refractivity contribution in [3.05, 3.63) is 29.8 Å². The van der Waals surface area contributed by atoms with Gasteiger partial charge >= 0.3 is 0 Å². The van der Waals surface area contributed by atoms with E-state index in [1.54, 1.807) is 19.1 Å². The average molecular weight is 224 g/mol. The second kappa shape index (κ2) is 4.75. The molecule has 80 valence electrons. The standard InChI is InChI=1S/C10H12N2O2S/c1-6(9(11)15)12-10(14)7-3-2-4-8(13)5-7/h2-6,13H,1H3,(H2,11,15)(H,12,14). The molecule has 0 aliphatic carbocycles. The Morgan fingerprint density at radius 2 is 2.27 bits per heavy atom. The molecular formula is C10H12N2O2S. The molecule has 1 rings (SSSR count). The molecule has 1 aromatic rings. The van der Waals surface area contributed by atoms with E-state index in [1.165, 1.54) is 12.1 Å². The number of nitrogens with two attached hydrogens (primary N) is 1. The zero-order valence-corrected chi connectivity index (χ0v) is 9.04. The fraction of sp³-hybridized carbons (Fsp3) is 0.200. The van der Waals surface area contributed by atoms with Crippen molar-refractivity contribution >= 4 is 23.1 Å². The van der Waals surface area contributed by atoms with Gasteiger partial charge < -0.3 is 16.2 Å². The van der Waals surface area contributed by atoms with Crippen molar-refractivity contribution in [1.82, 2.24) is 5.32 Å². The van der Waals surface area contributed by atoms with Gasteiger partial charge in [0.15, 0.2) is 0 Å². The van der Waals surface area contributed by atoms with Crippen LogP contribution in [0.25, 0.3) is 0 Å². The summed E-state index contributed by atoms with van der Waals surface area (Å²) < 4.78 is 0. The molecule has 0 saturated carbocycles. The monoisotopic (exact) mass is 224 g/mol. The van der Waals surface area contributed by atoms with Gasteiger partial charge in [-0.15, -0.1) is 0 Å². The molecule has 1 unspecified atom stereocenters. The molecule has 1 aromatic carbocycles. The van der Waals surface area contributed by atoms with Crippen LogP contribution in [0, 0.1) is 0 Å². The Morgan fingerprint density at radius 1 is 1.60 bits per heavy atom. The number of carbonyl (C=O) groups excluding carboxylic acids is 1. The molecule has 4 N–H and O–H groups in total. The topological polar surface area (TPSA) is 75.3 Å². The van der Waals surface area contributed by atoms with Crippen molar-refractivity contribution in [3.8, 4) is 5.75 Å². The number of nitrogens with one attached hydrogen (secondary N) is 1. The SMILES string of the molecule is CC(NC(=O)c1cccc(O)c1)C(N)=S. The highest BCUT2D eigenvalue weighted by molar-refractivity contribution is 7.80. The first-order chi connectivity index (χ1) is 7.00. The number of rotatable bonds is 3. The summed E-state index contributed by atoms with van der Waals surface area (Å²) in [7, 11) is 0. The summed E-state index contributed by atoms with van der Waals surface area (Å²) in [6, 6.07) is 5.70. The summed E-state index contributed by atoms with van der Waals surface area (Å²) in [6.07, 6.45) is 0. The summed E-state index contributed by atoms with van der Waals surface area (Å²) in [4.78, 5) is 11.8. The molecule has 4 nitrogen and oxygen atoms in total. The van der Waals surface area contributed by atoms with Crippen LogP contribution in [0.4, 0.5) is 0 Å². The second-order valence-electron chi connectivity index (χ2n) is 3.15. The third-order valence-electron chi connectivity index (χ3n) is 1.88. The van der Waals surface area contributed by atoms with Crippen LogP contribution in [0.1, 0.15) is 17.3 Å². The normalized spacial score (nSPS) is 11.8. The van der Waals surface area contributed by atoms with Gasteiger partial charge in [-0.25, -0.2) is 0 Å². The molecule has 1 atom stereocenters. The van der Waals surface area contributed by atoms with Gasteiger partial charge in [-0.3, -0.25) is 4.79 Å². The van der Waals surface area contributed by atoms with Crippen LogP contribution < -0.4 is 11.1 Å². The molecule has 0 aliphatic heterocycles. The Bertz CT molecular complexity index is 393. The molecule has 1 amide bonds. The van der Waals surface area contributed by atoms with E-state index in [1.807, 2.05) is 0 Å². The van der Waals surface area contributed by atoms with Gasteiger partial charge in [-0.2, -0.15) is 0 Å². The van der Waals surface area contributed by atoms with E-state index in [2.05, 4.69) is 5.32 Å². The van der Waals surface area contributed by atoms with Gasteiger partial charge in [-0.1, -0.05) is 18.3 Å². The van der Waals surface area contributed by atoms with Crippen molar-refractivity contribution < 1.29 is 9.90 Å². The van der Waals surface area contributed by atoms with E-state index < -0.39 is 0 Å². The molecule has 0 radical (unpaired) electrons. The number of thiocarbonyl (C=S) groups is 1. The van der Waals surface area contributed by atoms with Crippen molar-refractivity contribution in [2.45, 2.75) is 13.0 Å². The molecular weight excluding hydrogens is 212 g/mol. The molecule has 15 heavy (non-hydrogen) atoms. The number of amides is 1. The Kier molecular flexibility index (Phi) is 3.62. The first-order valence-corrected chi connectivity index (χ1v) is 4.80. The quantitative estimate of drug-likeness (QED) is 0.664. The number of hydrogen-bond acceptors (Lipinski definition) is 3. The van der Waals surface area contributed by atoms with Crippen molar-refractivity contribution in [2.24, 2.45) is 5.73 Å². The van der Waals surface area contributed by atoms with E-state index >= 15 is 0 Å². The third kappa shape index (κ3) is 3.21. The lowest BCUT2D eigenvalue weighted by Crippen LogP contribution is -2.41. The third-order valence-corrected chi connectivity index (χ3v) is 2.24. The largest absolute Gasteiger partial charge is 0.508 e. The lowest BCUT2D eigenvalue weighted by Gasteiger charge is -2.11. The van der Waals surface area contributed by atoms with Crippen LogP contribution in [0.15, 0.2) is 24.3 Å². The zero-order chi connectivity index (χ0) is 11.4. The Balaban J connectivity index is 2.73. The maximum atomic E-state index is 11.6. The van der Waals surface area contributed by atoms with Crippen LogP contribution in [0.5, 0.6) is 5.75 Å². The van der Waals surface area contributed by atoms with Gasteiger partial charge in [0.2, 0.25) is 0 Å². The number of benzene rings is 1. The highest BCUT2D eigenvalue weighted by Crippen LogP contribution is 2.10. The van der Waals surface area contributed by atoms with Crippen LogP contribution >= 0.6 is 12.2 Å². The minimum absolute atomic E-state index is 0.0469. The molecule has 0 heterocycles. The molecule has 0 fully saturated rings. The summed E-state index contributed by atoms with van der Waals surface area (Å²) in [6.45, 7) is 1.70. The fourth-order valence-corrected chi connectivity index (χ4v) is 1.06. The molecule has 0 aliphatic rings. The van der Waals surface area contributed by atoms with Crippen molar-refractivity contribution in [3.63, 3.8) is 0 Å². The fourth-order valence-electron chi connectivity index (χ4n) is 0.998. The molecule has 0 aromatic heterocycles. The van der Waals surface area contributed by atoms with E-state index in [0.29, 0.717) is 5.56 Å². The minimum atomic E-state index is -0.366. The van der Waals surface area contributed by atoms with Crippen LogP contribution in [-0.2, 0) is 0 Å². The molecule has 0 bridgehead atoms. The van der Waals surface area contributed by atoms with Gasteiger partial charge in [0.1, 0.15) is 5.75 Å². The number of aromatic hydroxyl groups is 1. The summed E-state index contributed by atoms with van der Waals surface area (Å²) in [5.74, 6) is -0.267. The van der Waals surface area contributed by atoms with Crippen molar-refractivity contribution in [1.29, 1.82) is 0 Å². The first-order valence-electron chi connectivity index (χ1n) is 4.40. The van der Waals surface area contributed by atoms with E-state index in [-0.39, 0.29) is 22.7 Å². The highest BCUT2D eigenvalue weighted by Gasteiger charge is 2.11. The predicted molar refractivity (Wildman–Crippen MR) is 61.8 cm³/mol. The zero-order valence-electron chi connectivity index (χ0n) is 8.23. The summed E-state index contributed by atoms with van der Waals surface area (Å²) in [5.41, 5.74) is 5.73. The van der Waals surface area contributed by atoms with Crippen LogP contribution in [-0.4, -0.2) is 22.0 Å². The van der Waals surface area contributed by atoms with Gasteiger partial charge in [0.25, 0.3) is 5.91 Å². The maximum Gasteiger partial charge on any atom is 0.251 e. The summed E-state index contributed by atoms with van der Waals surface area (Å²) in [5, 5.41) is 11.8. The maximum absolute atomic E-state index is 11.6. The van der Waals surface area contributed by atoms with Gasteiger partial charge in [-0.05, 0) is 25.1 Å². The van der Waals surface area contributed by atoms with Crippen molar-refractivity contribution in [2.75, 3.05) is 0 Å². The smallest absolute Gasteiger partial charge is 0.251 e. The lowest BCUT2D eigenvalue weighted by molar-refractivity contribution is 0.0949. The second-order valence-corrected chi connectivity index (χ2v) is 3.62. The van der Waals surface area contributed by atoms with Gasteiger partial charge in [0.05, 0.1) is 11.0 Å². The molecule has 0 saturated heterocycles. The van der Waals surface area contributed by atoms with E-state index in [9.17, 15) is 9.90 Å². The number of phenols is 1. The first kappa shape index (κ1) is 11.5. The predicted octanol–water partition coefficient (Wildman–Crippen LogP) is 0.797. The number of hydrogen-bond donors (Lipinski definition) is 3. The average Bonchev–Trinajstić information content (AvgIpc) is 2.17. The number of phenolic OH excluding ortho intramolecular Hbond substituents is 1. The van der Waals surface area contributed by atoms with Gasteiger partial charge in [0, 0.05) is 5.56 Å². The Morgan fingerprint density at radius 3 is 2.80 bits per heavy atom.